The van der Waals surface area contributed by atoms with Crippen molar-refractivity contribution in [2.24, 2.45) is 0 Å². The number of pyridine rings is 1. The highest BCUT2D eigenvalue weighted by molar-refractivity contribution is 5.32. The number of hydrogen-bond acceptors (Lipinski definition) is 2. The number of ether oxygens (including phenoxy) is 1. The smallest absolute Gasteiger partial charge is 0.122 e. The SMILES string of the molecule is Cc1cncc(COc2ccccc2C)c1. The lowest BCUT2D eigenvalue weighted by atomic mass is 10.2. The van der Waals surface area contributed by atoms with Crippen molar-refractivity contribution in [1.82, 2.24) is 4.98 Å². The van der Waals surface area contributed by atoms with Crippen LogP contribution in [-0.2, 0) is 6.61 Å². The molecule has 16 heavy (non-hydrogen) atoms. The lowest BCUT2D eigenvalue weighted by Gasteiger charge is -2.08. The van der Waals surface area contributed by atoms with Crippen LogP contribution in [0.3, 0.4) is 0 Å². The van der Waals surface area contributed by atoms with Crippen molar-refractivity contribution in [3.63, 3.8) is 0 Å². The molecule has 0 N–H and O–H groups in total. The van der Waals surface area contributed by atoms with Crippen LogP contribution in [0.1, 0.15) is 16.7 Å². The molecule has 0 fully saturated rings. The van der Waals surface area contributed by atoms with E-state index in [0.717, 1.165) is 22.4 Å². The molecule has 0 radical (unpaired) electrons. The Morgan fingerprint density at radius 3 is 2.69 bits per heavy atom. The normalized spacial score (nSPS) is 10.1. The Morgan fingerprint density at radius 1 is 1.12 bits per heavy atom. The van der Waals surface area contributed by atoms with E-state index in [9.17, 15) is 0 Å². The summed E-state index contributed by atoms with van der Waals surface area (Å²) in [6.07, 6.45) is 3.68. The third kappa shape index (κ3) is 2.60. The van der Waals surface area contributed by atoms with Crippen LogP contribution in [0.15, 0.2) is 42.7 Å². The van der Waals surface area contributed by atoms with Crippen LogP contribution >= 0.6 is 0 Å². The molecule has 2 nitrogen and oxygen atoms in total. The molecule has 2 rings (SSSR count). The van der Waals surface area contributed by atoms with Gasteiger partial charge in [-0.3, -0.25) is 4.98 Å². The van der Waals surface area contributed by atoms with Gasteiger partial charge in [0.2, 0.25) is 0 Å². The van der Waals surface area contributed by atoms with Gasteiger partial charge in [0.25, 0.3) is 0 Å². The summed E-state index contributed by atoms with van der Waals surface area (Å²) in [5, 5.41) is 0. The Balaban J connectivity index is 2.05. The number of aryl methyl sites for hydroxylation is 2. The number of aromatic nitrogens is 1. The number of hydrogen-bond donors (Lipinski definition) is 0. The molecule has 0 aliphatic carbocycles. The van der Waals surface area contributed by atoms with Gasteiger partial charge in [0.1, 0.15) is 12.4 Å². The first-order valence-corrected chi connectivity index (χ1v) is 5.34. The van der Waals surface area contributed by atoms with Gasteiger partial charge in [0.05, 0.1) is 0 Å². The predicted molar refractivity (Wildman–Crippen MR) is 64.5 cm³/mol. The Kier molecular flexibility index (Phi) is 3.20. The summed E-state index contributed by atoms with van der Waals surface area (Å²) in [7, 11) is 0. The maximum Gasteiger partial charge on any atom is 0.122 e. The lowest BCUT2D eigenvalue weighted by molar-refractivity contribution is 0.303. The van der Waals surface area contributed by atoms with Crippen molar-refractivity contribution < 1.29 is 4.74 Å². The summed E-state index contributed by atoms with van der Waals surface area (Å²) >= 11 is 0. The van der Waals surface area contributed by atoms with Crippen molar-refractivity contribution >= 4 is 0 Å². The van der Waals surface area contributed by atoms with Crippen LogP contribution < -0.4 is 4.74 Å². The van der Waals surface area contributed by atoms with Gasteiger partial charge >= 0.3 is 0 Å². The number of rotatable bonds is 3. The Labute approximate surface area is 95.9 Å². The summed E-state index contributed by atoms with van der Waals surface area (Å²) in [6.45, 7) is 4.65. The maximum absolute atomic E-state index is 5.74. The molecule has 1 heterocycles. The molecule has 0 unspecified atom stereocenters. The van der Waals surface area contributed by atoms with Crippen LogP contribution in [0.2, 0.25) is 0 Å². The van der Waals surface area contributed by atoms with Gasteiger partial charge in [-0.15, -0.1) is 0 Å². The van der Waals surface area contributed by atoms with E-state index in [1.54, 1.807) is 0 Å². The zero-order valence-electron chi connectivity index (χ0n) is 9.60. The first-order chi connectivity index (χ1) is 7.75. The molecule has 0 spiro atoms. The van der Waals surface area contributed by atoms with Crippen molar-refractivity contribution in [2.75, 3.05) is 0 Å². The molecular weight excluding hydrogens is 198 g/mol. The average molecular weight is 213 g/mol. The Bertz CT molecular complexity index is 480. The fourth-order valence-corrected chi connectivity index (χ4v) is 1.58. The molecule has 1 aromatic heterocycles. The van der Waals surface area contributed by atoms with E-state index >= 15 is 0 Å². The third-order valence-electron chi connectivity index (χ3n) is 2.42. The largest absolute Gasteiger partial charge is 0.489 e. The Hall–Kier alpha value is -1.83. The first-order valence-electron chi connectivity index (χ1n) is 5.34. The van der Waals surface area contributed by atoms with Gasteiger partial charge in [0.15, 0.2) is 0 Å². The number of benzene rings is 1. The monoisotopic (exact) mass is 213 g/mol. The van der Waals surface area contributed by atoms with Crippen molar-refractivity contribution in [1.29, 1.82) is 0 Å². The highest BCUT2D eigenvalue weighted by Crippen LogP contribution is 2.17. The highest BCUT2D eigenvalue weighted by atomic mass is 16.5. The highest BCUT2D eigenvalue weighted by Gasteiger charge is 1.99. The standard InChI is InChI=1S/C14H15NO/c1-11-7-13(9-15-8-11)10-16-14-6-4-3-5-12(14)2/h3-9H,10H2,1-2H3. The summed E-state index contributed by atoms with van der Waals surface area (Å²) < 4.78 is 5.74. The van der Waals surface area contributed by atoms with E-state index in [1.165, 1.54) is 0 Å². The van der Waals surface area contributed by atoms with Crippen LogP contribution in [0.5, 0.6) is 5.75 Å². The molecular formula is C14H15NO. The fourth-order valence-electron chi connectivity index (χ4n) is 1.58. The molecule has 0 aliphatic heterocycles. The number of para-hydroxylation sites is 1. The zero-order valence-corrected chi connectivity index (χ0v) is 9.60. The topological polar surface area (TPSA) is 22.1 Å². The van der Waals surface area contributed by atoms with Gasteiger partial charge in [0, 0.05) is 18.0 Å². The molecule has 0 amide bonds. The summed E-state index contributed by atoms with van der Waals surface area (Å²) in [5.41, 5.74) is 3.41. The zero-order chi connectivity index (χ0) is 11.4. The number of nitrogens with zero attached hydrogens (tertiary/aromatic N) is 1. The van der Waals surface area contributed by atoms with E-state index < -0.39 is 0 Å². The first kappa shape index (κ1) is 10.7. The van der Waals surface area contributed by atoms with Crippen molar-refractivity contribution in [3.05, 3.63) is 59.4 Å². The second kappa shape index (κ2) is 4.79. The van der Waals surface area contributed by atoms with Gasteiger partial charge in [-0.25, -0.2) is 0 Å². The minimum atomic E-state index is 0.569. The lowest BCUT2D eigenvalue weighted by Crippen LogP contribution is -1.97. The molecule has 1 aromatic carbocycles. The van der Waals surface area contributed by atoms with E-state index in [1.807, 2.05) is 50.5 Å². The van der Waals surface area contributed by atoms with Gasteiger partial charge in [-0.2, -0.15) is 0 Å². The van der Waals surface area contributed by atoms with E-state index in [2.05, 4.69) is 11.1 Å². The van der Waals surface area contributed by atoms with E-state index in [4.69, 9.17) is 4.74 Å². The maximum atomic E-state index is 5.74. The van der Waals surface area contributed by atoms with Crippen molar-refractivity contribution in [2.45, 2.75) is 20.5 Å². The van der Waals surface area contributed by atoms with Crippen LogP contribution in [-0.4, -0.2) is 4.98 Å². The molecule has 0 saturated carbocycles. The van der Waals surface area contributed by atoms with E-state index in [0.29, 0.717) is 6.61 Å². The van der Waals surface area contributed by atoms with Gasteiger partial charge < -0.3 is 4.74 Å². The Morgan fingerprint density at radius 2 is 1.94 bits per heavy atom. The minimum Gasteiger partial charge on any atom is -0.489 e. The second-order valence-corrected chi connectivity index (χ2v) is 3.92. The summed E-state index contributed by atoms with van der Waals surface area (Å²) in [4.78, 5) is 4.14. The van der Waals surface area contributed by atoms with Crippen LogP contribution in [0, 0.1) is 13.8 Å². The molecule has 0 bridgehead atoms. The third-order valence-corrected chi connectivity index (χ3v) is 2.42. The second-order valence-electron chi connectivity index (χ2n) is 3.92. The summed E-state index contributed by atoms with van der Waals surface area (Å²) in [6, 6.07) is 10.1. The van der Waals surface area contributed by atoms with E-state index in [-0.39, 0.29) is 0 Å². The fraction of sp³-hybridized carbons (Fsp3) is 0.214. The summed E-state index contributed by atoms with van der Waals surface area (Å²) in [5.74, 6) is 0.934. The molecule has 0 atom stereocenters. The molecule has 2 aromatic rings. The minimum absolute atomic E-state index is 0.569. The quantitative estimate of drug-likeness (QED) is 0.780. The predicted octanol–water partition coefficient (Wildman–Crippen LogP) is 3.28. The average Bonchev–Trinajstić information content (AvgIpc) is 2.28. The molecule has 2 heteroatoms. The molecule has 82 valence electrons. The molecule has 0 aliphatic rings. The van der Waals surface area contributed by atoms with Crippen LogP contribution in [0.25, 0.3) is 0 Å². The van der Waals surface area contributed by atoms with Crippen molar-refractivity contribution in [3.8, 4) is 5.75 Å². The van der Waals surface area contributed by atoms with Gasteiger partial charge in [-0.1, -0.05) is 18.2 Å². The molecule has 0 saturated heterocycles. The van der Waals surface area contributed by atoms with Crippen LogP contribution in [0.4, 0.5) is 0 Å². The van der Waals surface area contributed by atoms with Gasteiger partial charge in [-0.05, 0) is 37.1 Å².